The number of unbranched alkanes of at least 4 members (excludes halogenated alkanes) is 11. The summed E-state index contributed by atoms with van der Waals surface area (Å²) >= 11 is 0. The van der Waals surface area contributed by atoms with Gasteiger partial charge in [-0.3, -0.25) is 4.79 Å². The molecule has 0 saturated carbocycles. The van der Waals surface area contributed by atoms with Gasteiger partial charge in [0.1, 0.15) is 6.10 Å². The summed E-state index contributed by atoms with van der Waals surface area (Å²) in [4.78, 5) is 12.1. The van der Waals surface area contributed by atoms with Crippen LogP contribution in [0.3, 0.4) is 0 Å². The Morgan fingerprint density at radius 1 is 0.490 bits per heavy atom. The molecule has 0 aliphatic carbocycles. The number of allylic oxidation sites excluding steroid dienone is 16. The van der Waals surface area contributed by atoms with Gasteiger partial charge in [0.05, 0.1) is 13.2 Å². The number of aliphatic hydroxyl groups excluding tert-OH is 1. The van der Waals surface area contributed by atoms with Gasteiger partial charge in [-0.15, -0.1) is 0 Å². The summed E-state index contributed by atoms with van der Waals surface area (Å²) in [5.74, 6) is -0.238. The molecule has 49 heavy (non-hydrogen) atoms. The zero-order valence-corrected chi connectivity index (χ0v) is 31.7. The normalized spacial score (nSPS) is 13.4. The Morgan fingerprint density at radius 3 is 1.29 bits per heavy atom. The molecule has 0 aromatic rings. The molecule has 0 amide bonds. The summed E-state index contributed by atoms with van der Waals surface area (Å²) in [7, 11) is 0. The average molecular weight is 679 g/mol. The minimum atomic E-state index is -0.560. The van der Waals surface area contributed by atoms with Crippen LogP contribution in [0.4, 0.5) is 0 Å². The van der Waals surface area contributed by atoms with Gasteiger partial charge < -0.3 is 14.6 Å². The highest BCUT2D eigenvalue weighted by Crippen LogP contribution is 2.11. The Morgan fingerprint density at radius 2 is 0.857 bits per heavy atom. The molecule has 1 unspecified atom stereocenters. The number of hydrogen-bond acceptors (Lipinski definition) is 4. The number of hydrogen-bond donors (Lipinski definition) is 1. The van der Waals surface area contributed by atoms with Gasteiger partial charge >= 0.3 is 5.97 Å². The van der Waals surface area contributed by atoms with Crippen molar-refractivity contribution in [1.29, 1.82) is 0 Å². The molecule has 278 valence electrons. The minimum absolute atomic E-state index is 0.194. The maximum absolute atomic E-state index is 12.1. The first-order valence-electron chi connectivity index (χ1n) is 19.8. The van der Waals surface area contributed by atoms with Crippen LogP contribution >= 0.6 is 0 Å². The highest BCUT2D eigenvalue weighted by molar-refractivity contribution is 5.69. The standard InChI is InChI=1S/C45H74O4/c1-3-5-7-9-11-13-15-17-18-19-20-21-22-23-24-25-26-27-29-31-33-35-37-39-41-48-43-44(42-46)49-45(47)40-38-36-34-32-30-28-16-14-12-10-8-6-4-2/h5-8,11-14,17-18,20-21,23-24,28,30,44,46H,3-4,9-10,15-16,19,22,25-27,29,31-43H2,1-2H3/b7-5-,8-6-,13-11-,14-12-,18-17-,21-20-,24-23-,30-28-. The Hall–Kier alpha value is -2.69. The van der Waals surface area contributed by atoms with Gasteiger partial charge in [0.15, 0.2) is 0 Å². The number of rotatable bonds is 35. The van der Waals surface area contributed by atoms with E-state index in [9.17, 15) is 9.90 Å². The first kappa shape index (κ1) is 46.3. The van der Waals surface area contributed by atoms with Crippen LogP contribution in [0.2, 0.25) is 0 Å². The molecule has 0 heterocycles. The van der Waals surface area contributed by atoms with E-state index in [0.29, 0.717) is 13.0 Å². The highest BCUT2D eigenvalue weighted by atomic mass is 16.6. The van der Waals surface area contributed by atoms with Crippen molar-refractivity contribution in [1.82, 2.24) is 0 Å². The molecule has 0 aliphatic rings. The summed E-state index contributed by atoms with van der Waals surface area (Å²) in [6, 6.07) is 0. The molecule has 1 atom stereocenters. The molecule has 0 aromatic carbocycles. The number of aliphatic hydroxyl groups is 1. The number of ether oxygens (including phenoxy) is 2. The molecular weight excluding hydrogens is 604 g/mol. The minimum Gasteiger partial charge on any atom is -0.457 e. The van der Waals surface area contributed by atoms with E-state index in [-0.39, 0.29) is 19.2 Å². The predicted octanol–water partition coefficient (Wildman–Crippen LogP) is 13.0. The monoisotopic (exact) mass is 679 g/mol. The Kier molecular flexibility index (Phi) is 39.2. The second-order valence-corrected chi connectivity index (χ2v) is 12.6. The smallest absolute Gasteiger partial charge is 0.306 e. The fourth-order valence-electron chi connectivity index (χ4n) is 5.01. The van der Waals surface area contributed by atoms with Gasteiger partial charge in [-0.1, -0.05) is 156 Å². The molecule has 0 radical (unpaired) electrons. The summed E-state index contributed by atoms with van der Waals surface area (Å²) in [6.45, 7) is 5.04. The molecular formula is C45H74O4. The van der Waals surface area contributed by atoms with Crippen molar-refractivity contribution in [3.05, 3.63) is 97.2 Å². The van der Waals surface area contributed by atoms with Crippen molar-refractivity contribution in [3.8, 4) is 0 Å². The van der Waals surface area contributed by atoms with Crippen LogP contribution in [0.5, 0.6) is 0 Å². The third-order valence-corrected chi connectivity index (χ3v) is 7.90. The van der Waals surface area contributed by atoms with Crippen molar-refractivity contribution >= 4 is 5.97 Å². The summed E-state index contributed by atoms with van der Waals surface area (Å²) < 4.78 is 11.1. The molecule has 0 saturated heterocycles. The third kappa shape index (κ3) is 39.6. The molecule has 0 spiro atoms. The topological polar surface area (TPSA) is 55.8 Å². The van der Waals surface area contributed by atoms with E-state index in [4.69, 9.17) is 9.47 Å². The van der Waals surface area contributed by atoms with Crippen molar-refractivity contribution in [3.63, 3.8) is 0 Å². The van der Waals surface area contributed by atoms with Gasteiger partial charge in [0.25, 0.3) is 0 Å². The number of carbonyl (C=O) groups excluding carboxylic acids is 1. The third-order valence-electron chi connectivity index (χ3n) is 7.90. The van der Waals surface area contributed by atoms with Crippen LogP contribution in [0.25, 0.3) is 0 Å². The van der Waals surface area contributed by atoms with E-state index in [1.165, 1.54) is 44.9 Å². The first-order valence-corrected chi connectivity index (χ1v) is 19.8. The van der Waals surface area contributed by atoms with Crippen molar-refractivity contribution in [2.24, 2.45) is 0 Å². The zero-order valence-electron chi connectivity index (χ0n) is 31.7. The maximum Gasteiger partial charge on any atom is 0.306 e. The van der Waals surface area contributed by atoms with E-state index in [2.05, 4.69) is 111 Å². The van der Waals surface area contributed by atoms with Crippen LogP contribution in [0.1, 0.15) is 155 Å². The lowest BCUT2D eigenvalue weighted by Crippen LogP contribution is -2.27. The fraction of sp³-hybridized carbons (Fsp3) is 0.622. The molecule has 0 aromatic heterocycles. The van der Waals surface area contributed by atoms with Gasteiger partial charge in [-0.25, -0.2) is 0 Å². The molecule has 0 bridgehead atoms. The van der Waals surface area contributed by atoms with Gasteiger partial charge in [0.2, 0.25) is 0 Å². The van der Waals surface area contributed by atoms with Gasteiger partial charge in [-0.05, 0) is 89.9 Å². The number of carbonyl (C=O) groups is 1. The largest absolute Gasteiger partial charge is 0.457 e. The van der Waals surface area contributed by atoms with Crippen LogP contribution in [0.15, 0.2) is 97.2 Å². The lowest BCUT2D eigenvalue weighted by molar-refractivity contribution is -0.154. The van der Waals surface area contributed by atoms with Gasteiger partial charge in [0, 0.05) is 13.0 Å². The van der Waals surface area contributed by atoms with E-state index in [1.807, 2.05) is 0 Å². The maximum atomic E-state index is 12.1. The summed E-state index contributed by atoms with van der Waals surface area (Å²) in [5.41, 5.74) is 0. The predicted molar refractivity (Wildman–Crippen MR) is 214 cm³/mol. The molecule has 1 N–H and O–H groups in total. The average Bonchev–Trinajstić information content (AvgIpc) is 3.11. The lowest BCUT2D eigenvalue weighted by atomic mass is 10.1. The van der Waals surface area contributed by atoms with E-state index < -0.39 is 6.10 Å². The summed E-state index contributed by atoms with van der Waals surface area (Å²) in [6.07, 6.45) is 58.9. The van der Waals surface area contributed by atoms with E-state index >= 15 is 0 Å². The van der Waals surface area contributed by atoms with E-state index in [1.54, 1.807) is 0 Å². The van der Waals surface area contributed by atoms with Crippen LogP contribution in [-0.2, 0) is 14.3 Å². The molecule has 4 heteroatoms. The quantitative estimate of drug-likeness (QED) is 0.0412. The van der Waals surface area contributed by atoms with Crippen LogP contribution < -0.4 is 0 Å². The fourth-order valence-corrected chi connectivity index (χ4v) is 5.01. The van der Waals surface area contributed by atoms with Crippen molar-refractivity contribution in [2.45, 2.75) is 161 Å². The second kappa shape index (κ2) is 41.5. The summed E-state index contributed by atoms with van der Waals surface area (Å²) in [5, 5.41) is 9.57. The van der Waals surface area contributed by atoms with Crippen molar-refractivity contribution < 1.29 is 19.4 Å². The SMILES string of the molecule is CC/C=C\C/C=C\C/C=C\C/C=C\C/C=C\CCCCCCCCCCOCC(CO)OC(=O)CCCCC/C=C\C/C=C\C/C=C\CC. The lowest BCUT2D eigenvalue weighted by Gasteiger charge is -2.15. The highest BCUT2D eigenvalue weighted by Gasteiger charge is 2.13. The van der Waals surface area contributed by atoms with E-state index in [0.717, 1.165) is 89.9 Å². The Bertz CT molecular complexity index is 934. The molecule has 0 aliphatic heterocycles. The van der Waals surface area contributed by atoms with Crippen LogP contribution in [0, 0.1) is 0 Å². The molecule has 0 rings (SSSR count). The second-order valence-electron chi connectivity index (χ2n) is 12.6. The first-order chi connectivity index (χ1) is 24.2. The Balaban J connectivity index is 3.53. The van der Waals surface area contributed by atoms with Crippen LogP contribution in [-0.4, -0.2) is 37.0 Å². The van der Waals surface area contributed by atoms with Gasteiger partial charge in [-0.2, -0.15) is 0 Å². The molecule has 4 nitrogen and oxygen atoms in total. The zero-order chi connectivity index (χ0) is 35.6. The van der Waals surface area contributed by atoms with Crippen molar-refractivity contribution in [2.75, 3.05) is 19.8 Å². The molecule has 0 fully saturated rings. The Labute approximate surface area is 302 Å². The number of esters is 1.